The van der Waals surface area contributed by atoms with Crippen LogP contribution in [0, 0.1) is 0 Å². The third kappa shape index (κ3) is 4.25. The Labute approximate surface area is 147 Å². The van der Waals surface area contributed by atoms with Crippen LogP contribution in [-0.2, 0) is 16.5 Å². The van der Waals surface area contributed by atoms with Crippen LogP contribution in [0.3, 0.4) is 0 Å². The van der Waals surface area contributed by atoms with Gasteiger partial charge in [-0.2, -0.15) is 18.3 Å². The molecule has 0 amide bonds. The molecule has 0 aliphatic carbocycles. The predicted octanol–water partition coefficient (Wildman–Crippen LogP) is 1.20. The van der Waals surface area contributed by atoms with E-state index < -0.39 is 10.1 Å². The molecule has 136 valence electrons. The van der Waals surface area contributed by atoms with E-state index in [1.807, 2.05) is 12.4 Å². The molecule has 3 rings (SSSR count). The van der Waals surface area contributed by atoms with Crippen LogP contribution in [0.4, 0.5) is 5.95 Å². The highest BCUT2D eigenvalue weighted by atomic mass is 32.2. The zero-order valence-electron chi connectivity index (χ0n) is 14.4. The molecule has 1 fully saturated rings. The number of aromatic nitrogens is 5. The van der Waals surface area contributed by atoms with Crippen LogP contribution in [0.2, 0.25) is 0 Å². The number of aryl methyl sites for hydroxylation is 1. The SMILES string of the molecule is CCc1cnc(N2CCC(n3ncc(OS(=O)(=O)CC)n3)CC2)nc1. The molecular formula is C15H22N6O3S. The van der Waals surface area contributed by atoms with Crippen LogP contribution >= 0.6 is 0 Å². The number of anilines is 1. The molecule has 1 saturated heterocycles. The van der Waals surface area contributed by atoms with Crippen molar-refractivity contribution < 1.29 is 12.6 Å². The topological polar surface area (TPSA) is 103 Å². The summed E-state index contributed by atoms with van der Waals surface area (Å²) in [6.45, 7) is 5.18. The number of hydrogen-bond donors (Lipinski definition) is 0. The molecule has 0 aromatic carbocycles. The molecule has 25 heavy (non-hydrogen) atoms. The average Bonchev–Trinajstić information content (AvgIpc) is 3.10. The minimum atomic E-state index is -3.58. The van der Waals surface area contributed by atoms with E-state index in [2.05, 4.69) is 32.0 Å². The molecule has 0 bridgehead atoms. The van der Waals surface area contributed by atoms with Gasteiger partial charge < -0.3 is 9.08 Å². The Morgan fingerprint density at radius 1 is 1.16 bits per heavy atom. The summed E-state index contributed by atoms with van der Waals surface area (Å²) in [5.74, 6) is 0.652. The highest BCUT2D eigenvalue weighted by molar-refractivity contribution is 7.87. The number of nitrogens with zero attached hydrogens (tertiary/aromatic N) is 6. The van der Waals surface area contributed by atoms with Gasteiger partial charge in [0.25, 0.3) is 5.88 Å². The van der Waals surface area contributed by atoms with Gasteiger partial charge in [0, 0.05) is 25.5 Å². The summed E-state index contributed by atoms with van der Waals surface area (Å²) < 4.78 is 27.8. The lowest BCUT2D eigenvalue weighted by molar-refractivity contribution is 0.327. The third-order valence-electron chi connectivity index (χ3n) is 4.23. The average molecular weight is 366 g/mol. The second-order valence-corrected chi connectivity index (χ2v) is 7.76. The lowest BCUT2D eigenvalue weighted by Gasteiger charge is -2.31. The van der Waals surface area contributed by atoms with Crippen LogP contribution in [0.25, 0.3) is 0 Å². The quantitative estimate of drug-likeness (QED) is 0.703. The fourth-order valence-electron chi connectivity index (χ4n) is 2.65. The lowest BCUT2D eigenvalue weighted by Crippen LogP contribution is -2.36. The Morgan fingerprint density at radius 2 is 1.84 bits per heavy atom. The highest BCUT2D eigenvalue weighted by Crippen LogP contribution is 2.24. The molecule has 0 unspecified atom stereocenters. The molecule has 0 atom stereocenters. The summed E-state index contributed by atoms with van der Waals surface area (Å²) in [4.78, 5) is 12.5. The molecule has 0 saturated carbocycles. The van der Waals surface area contributed by atoms with E-state index in [1.54, 1.807) is 4.80 Å². The maximum absolute atomic E-state index is 11.5. The van der Waals surface area contributed by atoms with Crippen molar-refractivity contribution >= 4 is 16.1 Å². The van der Waals surface area contributed by atoms with E-state index in [0.717, 1.165) is 43.9 Å². The number of hydrogen-bond acceptors (Lipinski definition) is 8. The van der Waals surface area contributed by atoms with Crippen molar-refractivity contribution in [1.82, 2.24) is 25.0 Å². The molecule has 3 heterocycles. The summed E-state index contributed by atoms with van der Waals surface area (Å²) in [6.07, 6.45) is 7.64. The number of piperidine rings is 1. The van der Waals surface area contributed by atoms with Gasteiger partial charge in [0.1, 0.15) is 6.20 Å². The van der Waals surface area contributed by atoms with Gasteiger partial charge >= 0.3 is 10.1 Å². The molecule has 1 aliphatic rings. The van der Waals surface area contributed by atoms with Crippen molar-refractivity contribution in [2.45, 2.75) is 39.2 Å². The van der Waals surface area contributed by atoms with Crippen LogP contribution in [-0.4, -0.2) is 52.2 Å². The molecule has 0 radical (unpaired) electrons. The Balaban J connectivity index is 1.59. The van der Waals surface area contributed by atoms with Crippen LogP contribution in [0.5, 0.6) is 5.88 Å². The van der Waals surface area contributed by atoms with E-state index >= 15 is 0 Å². The summed E-state index contributed by atoms with van der Waals surface area (Å²) in [7, 11) is -3.58. The summed E-state index contributed by atoms with van der Waals surface area (Å²) in [6, 6.07) is 0.104. The zero-order chi connectivity index (χ0) is 17.9. The van der Waals surface area contributed by atoms with Gasteiger partial charge in [-0.05, 0) is 31.7 Å². The second-order valence-electron chi connectivity index (χ2n) is 5.90. The first-order valence-electron chi connectivity index (χ1n) is 8.40. The maximum Gasteiger partial charge on any atom is 0.310 e. The largest absolute Gasteiger partial charge is 0.358 e. The van der Waals surface area contributed by atoms with Crippen LogP contribution in [0.1, 0.15) is 38.3 Å². The van der Waals surface area contributed by atoms with Crippen molar-refractivity contribution in [3.05, 3.63) is 24.2 Å². The molecule has 0 N–H and O–H groups in total. The minimum Gasteiger partial charge on any atom is -0.358 e. The Morgan fingerprint density at radius 3 is 2.44 bits per heavy atom. The van der Waals surface area contributed by atoms with Gasteiger partial charge in [-0.1, -0.05) is 6.92 Å². The van der Waals surface area contributed by atoms with Crippen molar-refractivity contribution in [1.29, 1.82) is 0 Å². The first-order valence-corrected chi connectivity index (χ1v) is 9.98. The molecule has 0 spiro atoms. The highest BCUT2D eigenvalue weighted by Gasteiger charge is 2.24. The first-order chi connectivity index (χ1) is 12.0. The van der Waals surface area contributed by atoms with Gasteiger partial charge in [0.15, 0.2) is 0 Å². The monoisotopic (exact) mass is 366 g/mol. The van der Waals surface area contributed by atoms with Gasteiger partial charge in [0.05, 0.1) is 11.8 Å². The molecule has 10 heteroatoms. The molecule has 9 nitrogen and oxygen atoms in total. The van der Waals surface area contributed by atoms with Crippen molar-refractivity contribution in [3.8, 4) is 5.88 Å². The standard InChI is InChI=1S/C15H22N6O3S/c1-3-12-9-16-15(17-10-12)20-7-5-13(6-8-20)21-18-11-14(19-21)24-25(22,23)4-2/h9-11,13H,3-8H2,1-2H3. The number of rotatable bonds is 6. The molecular weight excluding hydrogens is 344 g/mol. The van der Waals surface area contributed by atoms with Gasteiger partial charge in [-0.25, -0.2) is 9.97 Å². The summed E-state index contributed by atoms with van der Waals surface area (Å²) in [5.41, 5.74) is 1.12. The lowest BCUT2D eigenvalue weighted by atomic mass is 10.1. The summed E-state index contributed by atoms with van der Waals surface area (Å²) in [5, 5.41) is 8.29. The van der Waals surface area contributed by atoms with Gasteiger partial charge in [0.2, 0.25) is 5.95 Å². The molecule has 2 aromatic heterocycles. The van der Waals surface area contributed by atoms with Crippen molar-refractivity contribution in [2.75, 3.05) is 23.7 Å². The van der Waals surface area contributed by atoms with Crippen molar-refractivity contribution in [2.24, 2.45) is 0 Å². The Bertz CT molecular complexity index is 797. The van der Waals surface area contributed by atoms with Gasteiger partial charge in [-0.15, -0.1) is 5.10 Å². The minimum absolute atomic E-state index is 0.0165. The Hall–Kier alpha value is -2.23. The van der Waals surface area contributed by atoms with Crippen LogP contribution in [0.15, 0.2) is 18.6 Å². The van der Waals surface area contributed by atoms with Gasteiger partial charge in [-0.3, -0.25) is 0 Å². The van der Waals surface area contributed by atoms with Crippen molar-refractivity contribution in [3.63, 3.8) is 0 Å². The normalized spacial score (nSPS) is 16.2. The predicted molar refractivity (Wildman–Crippen MR) is 92.0 cm³/mol. The zero-order valence-corrected chi connectivity index (χ0v) is 15.2. The smallest absolute Gasteiger partial charge is 0.310 e. The fraction of sp³-hybridized carbons (Fsp3) is 0.600. The first kappa shape index (κ1) is 17.6. The molecule has 2 aromatic rings. The van der Waals surface area contributed by atoms with E-state index in [1.165, 1.54) is 13.1 Å². The fourth-order valence-corrected chi connectivity index (χ4v) is 3.11. The second kappa shape index (κ2) is 7.34. The maximum atomic E-state index is 11.5. The van der Waals surface area contributed by atoms with E-state index in [4.69, 9.17) is 4.18 Å². The van der Waals surface area contributed by atoms with E-state index in [0.29, 0.717) is 0 Å². The summed E-state index contributed by atoms with van der Waals surface area (Å²) >= 11 is 0. The van der Waals surface area contributed by atoms with E-state index in [-0.39, 0.29) is 17.7 Å². The Kier molecular flexibility index (Phi) is 5.16. The van der Waals surface area contributed by atoms with E-state index in [9.17, 15) is 8.42 Å². The molecule has 1 aliphatic heterocycles. The third-order valence-corrected chi connectivity index (χ3v) is 5.36. The van der Waals surface area contributed by atoms with Crippen LogP contribution < -0.4 is 9.08 Å².